The molecule has 0 aliphatic carbocycles. The Morgan fingerprint density at radius 3 is 2.44 bits per heavy atom. The Balaban J connectivity index is 2.72. The van der Waals surface area contributed by atoms with Gasteiger partial charge in [-0.3, -0.25) is 10.1 Å². The van der Waals surface area contributed by atoms with Crippen LogP contribution in [0.2, 0.25) is 0 Å². The second-order valence-corrected chi connectivity index (χ2v) is 6.47. The molecule has 1 amide bonds. The molecule has 1 atom stereocenters. The molecular formula is C12H22N2O4. The average Bonchev–Trinajstić information content (AvgIpc) is 2.13. The lowest BCUT2D eigenvalue weighted by Crippen LogP contribution is -2.54. The summed E-state index contributed by atoms with van der Waals surface area (Å²) in [5.41, 5.74) is -0.962. The van der Waals surface area contributed by atoms with Crippen LogP contribution in [-0.4, -0.2) is 40.6 Å². The van der Waals surface area contributed by atoms with Crippen molar-refractivity contribution in [3.8, 4) is 0 Å². The Hall–Kier alpha value is -1.33. The van der Waals surface area contributed by atoms with E-state index in [1.54, 1.807) is 20.8 Å². The van der Waals surface area contributed by atoms with Gasteiger partial charge in [0.2, 0.25) is 6.04 Å². The van der Waals surface area contributed by atoms with Gasteiger partial charge in [-0.25, -0.2) is 4.79 Å². The van der Waals surface area contributed by atoms with Crippen molar-refractivity contribution in [1.29, 1.82) is 0 Å². The maximum Gasteiger partial charge on any atom is 0.410 e. The highest BCUT2D eigenvalue weighted by Gasteiger charge is 2.45. The summed E-state index contributed by atoms with van der Waals surface area (Å²) in [4.78, 5) is 24.1. The molecule has 0 N–H and O–H groups in total. The highest BCUT2D eigenvalue weighted by Crippen LogP contribution is 2.32. The van der Waals surface area contributed by atoms with E-state index in [-0.39, 0.29) is 16.9 Å². The van der Waals surface area contributed by atoms with Crippen LogP contribution in [0.4, 0.5) is 4.79 Å². The predicted octanol–water partition coefficient (Wildman–Crippen LogP) is 2.30. The van der Waals surface area contributed by atoms with E-state index in [0.717, 1.165) is 0 Å². The first-order chi connectivity index (χ1) is 8.03. The Labute approximate surface area is 107 Å². The van der Waals surface area contributed by atoms with Crippen LogP contribution in [0.25, 0.3) is 0 Å². The van der Waals surface area contributed by atoms with Crippen molar-refractivity contribution in [2.24, 2.45) is 5.41 Å². The summed E-state index contributed by atoms with van der Waals surface area (Å²) in [5, 5.41) is 11.1. The number of hydrogen-bond acceptors (Lipinski definition) is 4. The number of likely N-dealkylation sites (tertiary alicyclic amines) is 1. The molecule has 1 heterocycles. The third-order valence-corrected chi connectivity index (χ3v) is 3.23. The highest BCUT2D eigenvalue weighted by atomic mass is 16.6. The molecule has 6 heteroatoms. The molecule has 1 saturated heterocycles. The quantitative estimate of drug-likeness (QED) is 0.534. The van der Waals surface area contributed by atoms with Crippen LogP contribution in [0.3, 0.4) is 0 Å². The molecule has 0 bridgehead atoms. The molecule has 0 aromatic carbocycles. The van der Waals surface area contributed by atoms with Gasteiger partial charge in [0.15, 0.2) is 0 Å². The number of rotatable bonds is 1. The van der Waals surface area contributed by atoms with E-state index in [4.69, 9.17) is 4.74 Å². The fourth-order valence-electron chi connectivity index (χ4n) is 1.98. The van der Waals surface area contributed by atoms with Crippen molar-refractivity contribution in [2.75, 3.05) is 13.1 Å². The van der Waals surface area contributed by atoms with Gasteiger partial charge in [-0.1, -0.05) is 13.8 Å². The summed E-state index contributed by atoms with van der Waals surface area (Å²) in [6, 6.07) is -0.737. The summed E-state index contributed by atoms with van der Waals surface area (Å²) in [5.74, 6) is 0. The number of carbonyl (C=O) groups is 1. The number of amides is 1. The Kier molecular flexibility index (Phi) is 3.88. The molecule has 0 radical (unpaired) electrons. The summed E-state index contributed by atoms with van der Waals surface area (Å²) in [6.45, 7) is 9.71. The number of nitrogens with zero attached hydrogens (tertiary/aromatic N) is 2. The predicted molar refractivity (Wildman–Crippen MR) is 67.0 cm³/mol. The van der Waals surface area contributed by atoms with Gasteiger partial charge in [0.05, 0.1) is 6.54 Å². The molecule has 0 spiro atoms. The minimum Gasteiger partial charge on any atom is -0.444 e. The zero-order valence-electron chi connectivity index (χ0n) is 11.7. The highest BCUT2D eigenvalue weighted by molar-refractivity contribution is 5.68. The third kappa shape index (κ3) is 3.58. The number of carbonyl (C=O) groups excluding carboxylic acids is 1. The second kappa shape index (κ2) is 4.74. The lowest BCUT2D eigenvalue weighted by atomic mass is 9.78. The largest absolute Gasteiger partial charge is 0.444 e. The minimum atomic E-state index is -0.737. The zero-order valence-corrected chi connectivity index (χ0v) is 11.7. The average molecular weight is 258 g/mol. The van der Waals surface area contributed by atoms with Gasteiger partial charge in [0.25, 0.3) is 0 Å². The number of hydrogen-bond donors (Lipinski definition) is 0. The Morgan fingerprint density at radius 2 is 2.00 bits per heavy atom. The van der Waals surface area contributed by atoms with Crippen molar-refractivity contribution in [3.63, 3.8) is 0 Å². The lowest BCUT2D eigenvalue weighted by molar-refractivity contribution is -0.544. The van der Waals surface area contributed by atoms with E-state index in [0.29, 0.717) is 13.0 Å². The normalized spacial score (nSPS) is 23.6. The number of piperidine rings is 1. The first-order valence-electron chi connectivity index (χ1n) is 6.14. The Bertz CT molecular complexity index is 346. The van der Waals surface area contributed by atoms with Gasteiger partial charge in [0.1, 0.15) is 5.60 Å². The zero-order chi connectivity index (χ0) is 14.1. The monoisotopic (exact) mass is 258 g/mol. The molecular weight excluding hydrogens is 236 g/mol. The second-order valence-electron chi connectivity index (χ2n) is 6.47. The van der Waals surface area contributed by atoms with Crippen molar-refractivity contribution in [2.45, 2.75) is 52.7 Å². The van der Waals surface area contributed by atoms with Gasteiger partial charge < -0.3 is 9.64 Å². The first kappa shape index (κ1) is 14.7. The maximum absolute atomic E-state index is 11.9. The third-order valence-electron chi connectivity index (χ3n) is 3.23. The van der Waals surface area contributed by atoms with Crippen LogP contribution in [0, 0.1) is 15.5 Å². The van der Waals surface area contributed by atoms with Gasteiger partial charge in [-0.05, 0) is 27.2 Å². The topological polar surface area (TPSA) is 72.7 Å². The summed E-state index contributed by atoms with van der Waals surface area (Å²) < 4.78 is 5.24. The van der Waals surface area contributed by atoms with Crippen LogP contribution in [0.5, 0.6) is 0 Å². The van der Waals surface area contributed by atoms with E-state index < -0.39 is 17.7 Å². The summed E-state index contributed by atoms with van der Waals surface area (Å²) in [6.07, 6.45) is 0.141. The van der Waals surface area contributed by atoms with Crippen LogP contribution in [0.15, 0.2) is 0 Å². The standard InChI is InChI=1S/C12H22N2O4/c1-11(2,3)18-10(15)13-7-6-12(4,5)9(8-13)14(16)17/h9H,6-8H2,1-5H3/t9-/m0/s1. The number of nitro groups is 1. The van der Waals surface area contributed by atoms with E-state index >= 15 is 0 Å². The van der Waals surface area contributed by atoms with Crippen LogP contribution in [-0.2, 0) is 4.74 Å². The molecule has 0 unspecified atom stereocenters. The van der Waals surface area contributed by atoms with Crippen LogP contribution < -0.4 is 0 Å². The van der Waals surface area contributed by atoms with E-state index in [9.17, 15) is 14.9 Å². The number of ether oxygens (including phenoxy) is 1. The van der Waals surface area contributed by atoms with Gasteiger partial charge in [-0.15, -0.1) is 0 Å². The molecule has 6 nitrogen and oxygen atoms in total. The van der Waals surface area contributed by atoms with Crippen molar-refractivity contribution < 1.29 is 14.5 Å². The SMILES string of the molecule is CC(C)(C)OC(=O)N1CCC(C)(C)[C@@H]([N+](=O)[O-])C1. The van der Waals surface area contributed by atoms with Crippen molar-refractivity contribution >= 4 is 6.09 Å². The molecule has 1 fully saturated rings. The van der Waals surface area contributed by atoms with Gasteiger partial charge in [0, 0.05) is 16.9 Å². The smallest absolute Gasteiger partial charge is 0.410 e. The molecule has 0 aromatic rings. The molecule has 1 rings (SSSR count). The van der Waals surface area contributed by atoms with Gasteiger partial charge >= 0.3 is 6.09 Å². The fourth-order valence-corrected chi connectivity index (χ4v) is 1.98. The Morgan fingerprint density at radius 1 is 1.44 bits per heavy atom. The van der Waals surface area contributed by atoms with Crippen LogP contribution >= 0.6 is 0 Å². The molecule has 1 aliphatic heterocycles. The van der Waals surface area contributed by atoms with Crippen LogP contribution in [0.1, 0.15) is 41.0 Å². The van der Waals surface area contributed by atoms with Gasteiger partial charge in [-0.2, -0.15) is 0 Å². The molecule has 1 aliphatic rings. The molecule has 0 saturated carbocycles. The summed E-state index contributed by atoms with van der Waals surface area (Å²) >= 11 is 0. The van der Waals surface area contributed by atoms with E-state index in [2.05, 4.69) is 0 Å². The first-order valence-corrected chi connectivity index (χ1v) is 6.14. The fraction of sp³-hybridized carbons (Fsp3) is 0.917. The minimum absolute atomic E-state index is 0.120. The maximum atomic E-state index is 11.9. The summed E-state index contributed by atoms with van der Waals surface area (Å²) in [7, 11) is 0. The lowest BCUT2D eigenvalue weighted by Gasteiger charge is -2.38. The van der Waals surface area contributed by atoms with E-state index in [1.165, 1.54) is 4.90 Å². The molecule has 104 valence electrons. The van der Waals surface area contributed by atoms with Crippen molar-refractivity contribution in [3.05, 3.63) is 10.1 Å². The van der Waals surface area contributed by atoms with Crippen molar-refractivity contribution in [1.82, 2.24) is 4.90 Å². The van der Waals surface area contributed by atoms with E-state index in [1.807, 2.05) is 13.8 Å². The molecule has 0 aromatic heterocycles. The molecule has 18 heavy (non-hydrogen) atoms.